The summed E-state index contributed by atoms with van der Waals surface area (Å²) in [6.45, 7) is 0.822. The van der Waals surface area contributed by atoms with E-state index in [0.29, 0.717) is 18.3 Å². The molecule has 2 aliphatic rings. The summed E-state index contributed by atoms with van der Waals surface area (Å²) in [7, 11) is 0. The van der Waals surface area contributed by atoms with Crippen LogP contribution in [-0.2, 0) is 5.88 Å². The fourth-order valence-corrected chi connectivity index (χ4v) is 3.34. The van der Waals surface area contributed by atoms with Gasteiger partial charge >= 0.3 is 0 Å². The molecule has 1 unspecified atom stereocenters. The van der Waals surface area contributed by atoms with Crippen molar-refractivity contribution in [2.24, 2.45) is 11.0 Å². The molecular formula is C16H18ClN3O2. The van der Waals surface area contributed by atoms with Gasteiger partial charge in [-0.25, -0.2) is 0 Å². The number of benzene rings is 1. The maximum absolute atomic E-state index is 8.39. The van der Waals surface area contributed by atoms with Gasteiger partial charge in [-0.15, -0.1) is 11.6 Å². The second-order valence-corrected chi connectivity index (χ2v) is 5.85. The van der Waals surface area contributed by atoms with Crippen molar-refractivity contribution in [1.82, 2.24) is 0 Å². The Morgan fingerprint density at radius 2 is 2.14 bits per heavy atom. The van der Waals surface area contributed by atoms with Crippen LogP contribution in [0.4, 0.5) is 0 Å². The van der Waals surface area contributed by atoms with Crippen molar-refractivity contribution in [2.75, 3.05) is 13.3 Å². The number of alkyl halides is 1. The quantitative estimate of drug-likeness (QED) is 0.330. The molecule has 0 saturated carbocycles. The lowest BCUT2D eigenvalue weighted by atomic mass is 9.84. The van der Waals surface area contributed by atoms with Gasteiger partial charge in [0.2, 0.25) is 6.79 Å². The molecule has 3 rings (SSSR count). The molecule has 0 bridgehead atoms. The lowest BCUT2D eigenvalue weighted by Gasteiger charge is -2.22. The molecule has 1 aliphatic carbocycles. The summed E-state index contributed by atoms with van der Waals surface area (Å²) in [5.74, 6) is 2.48. The minimum absolute atomic E-state index is 0.272. The van der Waals surface area contributed by atoms with Gasteiger partial charge in [-0.2, -0.15) is 0 Å². The minimum atomic E-state index is 0.272. The molecule has 0 N–H and O–H groups in total. The smallest absolute Gasteiger partial charge is 0.231 e. The Morgan fingerprint density at radius 1 is 1.32 bits per heavy atom. The van der Waals surface area contributed by atoms with Crippen molar-refractivity contribution in [3.63, 3.8) is 0 Å². The topological polar surface area (TPSA) is 67.2 Å². The summed E-state index contributed by atoms with van der Waals surface area (Å²) >= 11 is 6.11. The van der Waals surface area contributed by atoms with Crippen LogP contribution in [0.1, 0.15) is 36.8 Å². The number of hydrogen-bond donors (Lipinski definition) is 0. The second kappa shape index (κ2) is 6.95. The number of allylic oxidation sites excluding steroid dienone is 2. The summed E-state index contributed by atoms with van der Waals surface area (Å²) in [6.07, 6.45) is 6.54. The van der Waals surface area contributed by atoms with Gasteiger partial charge in [0.05, 0.1) is 0 Å². The molecule has 0 fully saturated rings. The number of rotatable bonds is 5. The average Bonchev–Trinajstić information content (AvgIpc) is 3.01. The zero-order chi connectivity index (χ0) is 15.4. The van der Waals surface area contributed by atoms with E-state index < -0.39 is 0 Å². The maximum atomic E-state index is 8.39. The van der Waals surface area contributed by atoms with E-state index in [4.69, 9.17) is 26.6 Å². The third kappa shape index (κ3) is 3.16. The molecule has 1 aromatic rings. The molecule has 1 aromatic carbocycles. The predicted molar refractivity (Wildman–Crippen MR) is 86.1 cm³/mol. The molecule has 0 radical (unpaired) electrons. The first kappa shape index (κ1) is 15.1. The SMILES string of the molecule is [N-]=[N+]=NCCC1C=C(c2cc3c(cc2CCl)OCO3)CCC1. The summed E-state index contributed by atoms with van der Waals surface area (Å²) in [5, 5.41) is 3.64. The molecule has 5 nitrogen and oxygen atoms in total. The first-order chi connectivity index (χ1) is 10.8. The zero-order valence-electron chi connectivity index (χ0n) is 12.3. The Labute approximate surface area is 134 Å². The molecule has 1 heterocycles. The van der Waals surface area contributed by atoms with Gasteiger partial charge in [0.15, 0.2) is 11.5 Å². The summed E-state index contributed by atoms with van der Waals surface area (Å²) in [6, 6.07) is 4.02. The standard InChI is InChI=1S/C16H18ClN3O2/c17-9-13-7-15-16(22-10-21-15)8-14(13)12-3-1-2-11(6-12)4-5-19-20-18/h6-8,11H,1-5,9-10H2. The van der Waals surface area contributed by atoms with E-state index in [1.165, 1.54) is 5.57 Å². The molecule has 1 aliphatic heterocycles. The van der Waals surface area contributed by atoms with Gasteiger partial charge in [0.25, 0.3) is 0 Å². The van der Waals surface area contributed by atoms with Crippen molar-refractivity contribution < 1.29 is 9.47 Å². The summed E-state index contributed by atoms with van der Waals surface area (Å²) in [5.41, 5.74) is 11.9. The van der Waals surface area contributed by atoms with E-state index in [-0.39, 0.29) is 6.79 Å². The van der Waals surface area contributed by atoms with E-state index in [1.807, 2.05) is 12.1 Å². The van der Waals surface area contributed by atoms with Crippen LogP contribution in [0.3, 0.4) is 0 Å². The van der Waals surface area contributed by atoms with E-state index >= 15 is 0 Å². The highest BCUT2D eigenvalue weighted by molar-refractivity contribution is 6.17. The largest absolute Gasteiger partial charge is 0.454 e. The van der Waals surface area contributed by atoms with E-state index in [2.05, 4.69) is 16.1 Å². The van der Waals surface area contributed by atoms with Crippen molar-refractivity contribution in [3.8, 4) is 11.5 Å². The van der Waals surface area contributed by atoms with E-state index in [0.717, 1.165) is 48.3 Å². The lowest BCUT2D eigenvalue weighted by Crippen LogP contribution is -2.06. The van der Waals surface area contributed by atoms with Crippen LogP contribution in [0.2, 0.25) is 0 Å². The van der Waals surface area contributed by atoms with Crippen LogP contribution < -0.4 is 9.47 Å². The first-order valence-electron chi connectivity index (χ1n) is 7.52. The Hall–Kier alpha value is -1.84. The fourth-order valence-electron chi connectivity index (χ4n) is 3.12. The van der Waals surface area contributed by atoms with E-state index in [9.17, 15) is 0 Å². The van der Waals surface area contributed by atoms with Crippen LogP contribution in [0.5, 0.6) is 11.5 Å². The highest BCUT2D eigenvalue weighted by Crippen LogP contribution is 2.40. The van der Waals surface area contributed by atoms with Gasteiger partial charge in [0, 0.05) is 17.3 Å². The van der Waals surface area contributed by atoms with Crippen molar-refractivity contribution in [2.45, 2.75) is 31.6 Å². The molecule has 6 heteroatoms. The second-order valence-electron chi connectivity index (χ2n) is 5.58. The third-order valence-electron chi connectivity index (χ3n) is 4.21. The van der Waals surface area contributed by atoms with Gasteiger partial charge < -0.3 is 9.47 Å². The Morgan fingerprint density at radius 3 is 2.91 bits per heavy atom. The monoisotopic (exact) mass is 319 g/mol. The van der Waals surface area contributed by atoms with Crippen molar-refractivity contribution >= 4 is 17.2 Å². The number of halogens is 1. The molecule has 116 valence electrons. The molecule has 1 atom stereocenters. The Balaban J connectivity index is 1.87. The van der Waals surface area contributed by atoms with E-state index in [1.54, 1.807) is 0 Å². The molecule has 0 aromatic heterocycles. The third-order valence-corrected chi connectivity index (χ3v) is 4.50. The summed E-state index contributed by atoms with van der Waals surface area (Å²) in [4.78, 5) is 2.82. The number of hydrogen-bond acceptors (Lipinski definition) is 3. The molecule has 0 amide bonds. The Bertz CT molecular complexity index is 639. The van der Waals surface area contributed by atoms with Gasteiger partial charge in [-0.3, -0.25) is 0 Å². The normalized spacial score (nSPS) is 19.5. The van der Waals surface area contributed by atoms with Crippen LogP contribution >= 0.6 is 11.6 Å². The molecular weight excluding hydrogens is 302 g/mol. The van der Waals surface area contributed by atoms with Gasteiger partial charge in [-0.1, -0.05) is 11.2 Å². The van der Waals surface area contributed by atoms with Crippen molar-refractivity contribution in [3.05, 3.63) is 39.8 Å². The van der Waals surface area contributed by atoms with Crippen LogP contribution in [0, 0.1) is 5.92 Å². The lowest BCUT2D eigenvalue weighted by molar-refractivity contribution is 0.174. The molecule has 22 heavy (non-hydrogen) atoms. The number of ether oxygens (including phenoxy) is 2. The fraction of sp³-hybridized carbons (Fsp3) is 0.500. The predicted octanol–water partition coefficient (Wildman–Crippen LogP) is 5.04. The Kier molecular flexibility index (Phi) is 4.76. The number of azide groups is 1. The van der Waals surface area contributed by atoms with Gasteiger partial charge in [0.1, 0.15) is 0 Å². The highest BCUT2D eigenvalue weighted by Gasteiger charge is 2.21. The minimum Gasteiger partial charge on any atom is -0.454 e. The average molecular weight is 320 g/mol. The maximum Gasteiger partial charge on any atom is 0.231 e. The number of nitrogens with zero attached hydrogens (tertiary/aromatic N) is 3. The summed E-state index contributed by atoms with van der Waals surface area (Å²) < 4.78 is 10.9. The van der Waals surface area contributed by atoms with Crippen LogP contribution in [-0.4, -0.2) is 13.3 Å². The first-order valence-corrected chi connectivity index (χ1v) is 8.05. The van der Waals surface area contributed by atoms with Crippen LogP contribution in [0.25, 0.3) is 16.0 Å². The van der Waals surface area contributed by atoms with Crippen molar-refractivity contribution in [1.29, 1.82) is 0 Å². The van der Waals surface area contributed by atoms with Crippen LogP contribution in [0.15, 0.2) is 23.3 Å². The van der Waals surface area contributed by atoms with Gasteiger partial charge in [-0.05, 0) is 66.0 Å². The highest BCUT2D eigenvalue weighted by atomic mass is 35.5. The zero-order valence-corrected chi connectivity index (χ0v) is 13.1. The molecule has 0 saturated heterocycles. The molecule has 0 spiro atoms. The number of fused-ring (bicyclic) bond motifs is 1.